The van der Waals surface area contributed by atoms with Crippen molar-refractivity contribution in [3.05, 3.63) is 70.1 Å². The zero-order valence-corrected chi connectivity index (χ0v) is 17.0. The highest BCUT2D eigenvalue weighted by Crippen LogP contribution is 2.28. The minimum atomic E-state index is -0.667. The number of amides is 1. The number of pyridine rings is 1. The number of carbonyl (C=O) groups excluding carboxylic acids is 2. The summed E-state index contributed by atoms with van der Waals surface area (Å²) in [7, 11) is 1.97. The van der Waals surface area contributed by atoms with Crippen molar-refractivity contribution in [2.45, 2.75) is 13.0 Å². The van der Waals surface area contributed by atoms with Crippen LogP contribution in [-0.4, -0.2) is 42.0 Å². The molecule has 0 fully saturated rings. The number of esters is 1. The standard InChI is InChI=1S/C22H19ClFN3O3/c1-27-9-8-18-15(11-27)21(14-4-2-3-5-17(14)25-18)22(29)30-12-20(28)26-19-7-6-13(23)10-16(19)24/h2-7,10H,8-9,11-12H2,1H3,(H,26,28). The Morgan fingerprint density at radius 3 is 2.87 bits per heavy atom. The van der Waals surface area contributed by atoms with Crippen molar-refractivity contribution >= 4 is 40.1 Å². The molecule has 1 amide bonds. The summed E-state index contributed by atoms with van der Waals surface area (Å²) in [6.45, 7) is 0.879. The largest absolute Gasteiger partial charge is 0.452 e. The number of halogens is 2. The van der Waals surface area contributed by atoms with Crippen molar-refractivity contribution in [3.63, 3.8) is 0 Å². The molecule has 0 saturated carbocycles. The van der Waals surface area contributed by atoms with Gasteiger partial charge in [0, 0.05) is 41.2 Å². The third-order valence-corrected chi connectivity index (χ3v) is 5.22. The number of hydrogen-bond acceptors (Lipinski definition) is 5. The molecule has 0 aliphatic carbocycles. The number of benzene rings is 2. The lowest BCUT2D eigenvalue weighted by molar-refractivity contribution is -0.119. The van der Waals surface area contributed by atoms with Gasteiger partial charge in [-0.25, -0.2) is 9.18 Å². The minimum Gasteiger partial charge on any atom is -0.452 e. The van der Waals surface area contributed by atoms with Crippen LogP contribution < -0.4 is 5.32 Å². The van der Waals surface area contributed by atoms with Gasteiger partial charge in [-0.05, 0) is 31.3 Å². The molecule has 2 heterocycles. The average molecular weight is 428 g/mol. The van der Waals surface area contributed by atoms with Crippen LogP contribution in [0.1, 0.15) is 21.6 Å². The lowest BCUT2D eigenvalue weighted by Crippen LogP contribution is -2.30. The lowest BCUT2D eigenvalue weighted by Gasteiger charge is -2.26. The molecule has 3 aromatic rings. The third-order valence-electron chi connectivity index (χ3n) is 4.98. The van der Waals surface area contributed by atoms with E-state index < -0.39 is 24.3 Å². The first-order valence-electron chi connectivity index (χ1n) is 9.43. The Balaban J connectivity index is 1.56. The molecule has 1 aliphatic heterocycles. The van der Waals surface area contributed by atoms with E-state index in [1.165, 1.54) is 12.1 Å². The van der Waals surface area contributed by atoms with Crippen LogP contribution in [0.15, 0.2) is 42.5 Å². The van der Waals surface area contributed by atoms with Gasteiger partial charge in [0.2, 0.25) is 0 Å². The van der Waals surface area contributed by atoms with Crippen LogP contribution in [0.2, 0.25) is 5.02 Å². The van der Waals surface area contributed by atoms with Gasteiger partial charge in [0.1, 0.15) is 5.82 Å². The van der Waals surface area contributed by atoms with E-state index in [0.29, 0.717) is 23.0 Å². The van der Waals surface area contributed by atoms with Gasteiger partial charge in [-0.1, -0.05) is 29.8 Å². The van der Waals surface area contributed by atoms with Crippen molar-refractivity contribution in [2.75, 3.05) is 25.5 Å². The molecule has 0 radical (unpaired) electrons. The Bertz CT molecular complexity index is 1150. The predicted molar refractivity (Wildman–Crippen MR) is 112 cm³/mol. The number of para-hydroxylation sites is 1. The summed E-state index contributed by atoms with van der Waals surface area (Å²) in [4.78, 5) is 31.9. The number of nitrogens with one attached hydrogen (secondary N) is 1. The fraction of sp³-hybridized carbons (Fsp3) is 0.227. The molecule has 0 atom stereocenters. The molecule has 6 nitrogen and oxygen atoms in total. The highest BCUT2D eigenvalue weighted by molar-refractivity contribution is 6.30. The zero-order chi connectivity index (χ0) is 21.3. The lowest BCUT2D eigenvalue weighted by atomic mass is 9.96. The van der Waals surface area contributed by atoms with Crippen LogP contribution >= 0.6 is 11.6 Å². The third kappa shape index (κ3) is 4.13. The quantitative estimate of drug-likeness (QED) is 0.641. The van der Waals surface area contributed by atoms with E-state index in [-0.39, 0.29) is 10.7 Å². The Morgan fingerprint density at radius 2 is 2.07 bits per heavy atom. The molecular weight excluding hydrogens is 409 g/mol. The van der Waals surface area contributed by atoms with E-state index in [9.17, 15) is 14.0 Å². The van der Waals surface area contributed by atoms with Crippen LogP contribution in [0.5, 0.6) is 0 Å². The summed E-state index contributed by atoms with van der Waals surface area (Å²) >= 11 is 5.71. The molecule has 30 heavy (non-hydrogen) atoms. The Kier molecular flexibility index (Phi) is 5.65. The Morgan fingerprint density at radius 1 is 1.27 bits per heavy atom. The number of carbonyl (C=O) groups is 2. The van der Waals surface area contributed by atoms with Crippen molar-refractivity contribution in [1.82, 2.24) is 9.88 Å². The van der Waals surface area contributed by atoms with Crippen molar-refractivity contribution in [1.29, 1.82) is 0 Å². The van der Waals surface area contributed by atoms with Crippen LogP contribution in [0, 0.1) is 5.82 Å². The van der Waals surface area contributed by atoms with Gasteiger partial charge in [-0.2, -0.15) is 0 Å². The Labute approximate surface area is 177 Å². The summed E-state index contributed by atoms with van der Waals surface area (Å²) in [6, 6.07) is 11.3. The van der Waals surface area contributed by atoms with Crippen molar-refractivity contribution in [3.8, 4) is 0 Å². The highest BCUT2D eigenvalue weighted by atomic mass is 35.5. The molecule has 4 rings (SSSR count). The molecular formula is C22H19ClFN3O3. The average Bonchev–Trinajstić information content (AvgIpc) is 2.72. The normalized spacial score (nSPS) is 13.7. The number of ether oxygens (including phenoxy) is 1. The smallest absolute Gasteiger partial charge is 0.339 e. The van der Waals surface area contributed by atoms with Crippen LogP contribution in [-0.2, 0) is 22.5 Å². The number of likely N-dealkylation sites (N-methyl/N-ethyl adjacent to an activating group) is 1. The summed E-state index contributed by atoms with van der Waals surface area (Å²) in [5.74, 6) is -1.92. The minimum absolute atomic E-state index is 0.0335. The topological polar surface area (TPSA) is 71.5 Å². The first-order valence-corrected chi connectivity index (χ1v) is 9.81. The maximum absolute atomic E-state index is 13.9. The molecule has 0 bridgehead atoms. The van der Waals surface area contributed by atoms with E-state index in [2.05, 4.69) is 10.2 Å². The zero-order valence-electron chi connectivity index (χ0n) is 16.2. The summed E-state index contributed by atoms with van der Waals surface area (Å²) in [6.07, 6.45) is 0.729. The van der Waals surface area contributed by atoms with Gasteiger partial charge in [0.15, 0.2) is 6.61 Å². The highest BCUT2D eigenvalue weighted by Gasteiger charge is 2.25. The maximum atomic E-state index is 13.9. The molecule has 0 spiro atoms. The Hall–Kier alpha value is -3.03. The van der Waals surface area contributed by atoms with Crippen LogP contribution in [0.3, 0.4) is 0 Å². The summed E-state index contributed by atoms with van der Waals surface area (Å²) in [5, 5.41) is 3.28. The molecule has 8 heteroatoms. The number of hydrogen-bond donors (Lipinski definition) is 1. The molecule has 2 aromatic carbocycles. The van der Waals surface area contributed by atoms with Gasteiger partial charge in [0.25, 0.3) is 5.91 Å². The fourth-order valence-corrected chi connectivity index (χ4v) is 3.70. The molecule has 1 N–H and O–H groups in total. The number of nitrogens with zero attached hydrogens (tertiary/aromatic N) is 2. The molecule has 1 aromatic heterocycles. The van der Waals surface area contributed by atoms with E-state index in [0.717, 1.165) is 30.3 Å². The van der Waals surface area contributed by atoms with Crippen LogP contribution in [0.25, 0.3) is 10.9 Å². The monoisotopic (exact) mass is 427 g/mol. The van der Waals surface area contributed by atoms with E-state index in [4.69, 9.17) is 21.3 Å². The molecule has 0 saturated heterocycles. The molecule has 0 unspecified atom stereocenters. The van der Waals surface area contributed by atoms with Gasteiger partial charge in [-0.3, -0.25) is 9.78 Å². The van der Waals surface area contributed by atoms with Crippen LogP contribution in [0.4, 0.5) is 10.1 Å². The van der Waals surface area contributed by atoms with Gasteiger partial charge < -0.3 is 15.0 Å². The first kappa shape index (κ1) is 20.3. The second-order valence-corrected chi connectivity index (χ2v) is 7.60. The molecule has 154 valence electrons. The maximum Gasteiger partial charge on any atom is 0.339 e. The summed E-state index contributed by atoms with van der Waals surface area (Å²) in [5.41, 5.74) is 2.78. The van der Waals surface area contributed by atoms with E-state index >= 15 is 0 Å². The van der Waals surface area contributed by atoms with Gasteiger partial charge in [-0.15, -0.1) is 0 Å². The second-order valence-electron chi connectivity index (χ2n) is 7.17. The van der Waals surface area contributed by atoms with Gasteiger partial charge in [0.05, 0.1) is 16.8 Å². The number of fused-ring (bicyclic) bond motifs is 2. The number of aromatic nitrogens is 1. The van der Waals surface area contributed by atoms with Gasteiger partial charge >= 0.3 is 5.97 Å². The van der Waals surface area contributed by atoms with E-state index in [1.807, 2.05) is 31.3 Å². The van der Waals surface area contributed by atoms with Crippen molar-refractivity contribution in [2.24, 2.45) is 0 Å². The number of rotatable bonds is 4. The fourth-order valence-electron chi connectivity index (χ4n) is 3.54. The second kappa shape index (κ2) is 8.38. The van der Waals surface area contributed by atoms with Crippen molar-refractivity contribution < 1.29 is 18.7 Å². The summed E-state index contributed by atoms with van der Waals surface area (Å²) < 4.78 is 19.1. The number of anilines is 1. The molecule has 1 aliphatic rings. The SMILES string of the molecule is CN1CCc2nc3ccccc3c(C(=O)OCC(=O)Nc3ccc(Cl)cc3F)c2C1. The first-order chi connectivity index (χ1) is 14.4. The predicted octanol–water partition coefficient (Wildman–Crippen LogP) is 3.81. The van der Waals surface area contributed by atoms with E-state index in [1.54, 1.807) is 0 Å².